The number of likely N-dealkylation sites (N-methyl/N-ethyl adjacent to an activating group) is 1. The number of hydrogen-bond donors (Lipinski definition) is 1. The number of benzene rings is 1. The van der Waals surface area contributed by atoms with Gasteiger partial charge in [-0.1, -0.05) is 34.1 Å². The van der Waals surface area contributed by atoms with Crippen LogP contribution in [0.4, 0.5) is 5.69 Å². The van der Waals surface area contributed by atoms with E-state index in [1.807, 2.05) is 38.1 Å². The highest BCUT2D eigenvalue weighted by Gasteiger charge is 2.33. The van der Waals surface area contributed by atoms with Gasteiger partial charge in [0.1, 0.15) is 18.0 Å². The quantitative estimate of drug-likeness (QED) is 0.566. The predicted molar refractivity (Wildman–Crippen MR) is 108 cm³/mol. The van der Waals surface area contributed by atoms with E-state index in [0.29, 0.717) is 19.6 Å². The Morgan fingerprint density at radius 1 is 1.04 bits per heavy atom. The van der Waals surface area contributed by atoms with Gasteiger partial charge in [0.2, 0.25) is 0 Å². The lowest BCUT2D eigenvalue weighted by molar-refractivity contribution is -0.140. The molecule has 0 saturated heterocycles. The van der Waals surface area contributed by atoms with Crippen LogP contribution in [0.25, 0.3) is 0 Å². The average molecular weight is 365 g/mol. The molecule has 0 aliphatic heterocycles. The van der Waals surface area contributed by atoms with E-state index in [1.54, 1.807) is 0 Å². The highest BCUT2D eigenvalue weighted by Crippen LogP contribution is 2.22. The summed E-state index contributed by atoms with van der Waals surface area (Å²) in [6, 6.07) is 7.53. The predicted octanol–water partition coefficient (Wildman–Crippen LogP) is 4.33. The van der Waals surface area contributed by atoms with Crippen LogP contribution >= 0.6 is 0 Å². The Hall–Kier alpha value is -1.59. The first kappa shape index (κ1) is 22.5. The van der Waals surface area contributed by atoms with E-state index in [0.717, 1.165) is 43.9 Å². The van der Waals surface area contributed by atoms with Crippen molar-refractivity contribution in [1.82, 2.24) is 4.90 Å². The van der Waals surface area contributed by atoms with Crippen LogP contribution in [0.1, 0.15) is 53.9 Å². The molecule has 0 bridgehead atoms. The first-order chi connectivity index (χ1) is 12.5. The maximum Gasteiger partial charge on any atom is 0.256 e. The summed E-state index contributed by atoms with van der Waals surface area (Å²) in [5, 5.41) is 2.97. The number of anilines is 1. The Balaban J connectivity index is 2.58. The van der Waals surface area contributed by atoms with Gasteiger partial charge in [-0.2, -0.15) is 0 Å². The molecule has 0 heterocycles. The number of rotatable bonds is 13. The Kier molecular flexibility index (Phi) is 10.3. The Morgan fingerprint density at radius 3 is 2.23 bits per heavy atom. The van der Waals surface area contributed by atoms with Crippen LogP contribution in [-0.4, -0.2) is 49.3 Å². The fourth-order valence-electron chi connectivity index (χ4n) is 2.79. The molecule has 5 heteroatoms. The summed E-state index contributed by atoms with van der Waals surface area (Å²) in [7, 11) is 0. The molecule has 26 heavy (non-hydrogen) atoms. The summed E-state index contributed by atoms with van der Waals surface area (Å²) in [5.74, 6) is 0.719. The van der Waals surface area contributed by atoms with Crippen LogP contribution in [0.3, 0.4) is 0 Å². The van der Waals surface area contributed by atoms with Crippen LogP contribution in [-0.2, 0) is 9.53 Å². The zero-order valence-corrected chi connectivity index (χ0v) is 17.1. The number of carbonyl (C=O) groups excluding carboxylic acids is 1. The van der Waals surface area contributed by atoms with E-state index in [9.17, 15) is 4.79 Å². The molecular formula is C21H36N2O3. The molecule has 0 spiro atoms. The second-order valence-corrected chi connectivity index (χ2v) is 6.68. The number of nitrogens with zero attached hydrogens (tertiary/aromatic N) is 1. The van der Waals surface area contributed by atoms with E-state index in [1.165, 1.54) is 0 Å². The third-order valence-corrected chi connectivity index (χ3v) is 4.51. The minimum absolute atomic E-state index is 0.0944. The molecule has 0 saturated carbocycles. The first-order valence-corrected chi connectivity index (χ1v) is 9.89. The SMILES string of the molecule is CCCOC(C)(CCC)C(=O)Nc1ccc(OCCN(CC)CC)cc1. The van der Waals surface area contributed by atoms with Gasteiger partial charge in [-0.15, -0.1) is 0 Å². The van der Waals surface area contributed by atoms with Gasteiger partial charge >= 0.3 is 0 Å². The van der Waals surface area contributed by atoms with Crippen molar-refractivity contribution >= 4 is 11.6 Å². The topological polar surface area (TPSA) is 50.8 Å². The van der Waals surface area contributed by atoms with Gasteiger partial charge in [-0.25, -0.2) is 0 Å². The van der Waals surface area contributed by atoms with Crippen LogP contribution in [0, 0.1) is 0 Å². The van der Waals surface area contributed by atoms with Crippen LogP contribution in [0.15, 0.2) is 24.3 Å². The van der Waals surface area contributed by atoms with Crippen molar-refractivity contribution < 1.29 is 14.3 Å². The molecule has 1 amide bonds. The third kappa shape index (κ3) is 7.34. The maximum atomic E-state index is 12.7. The van der Waals surface area contributed by atoms with Gasteiger partial charge in [0, 0.05) is 18.8 Å². The largest absolute Gasteiger partial charge is 0.492 e. The normalized spacial score (nSPS) is 13.5. The first-order valence-electron chi connectivity index (χ1n) is 9.89. The zero-order valence-electron chi connectivity index (χ0n) is 17.1. The smallest absolute Gasteiger partial charge is 0.256 e. The lowest BCUT2D eigenvalue weighted by atomic mass is 9.99. The molecule has 5 nitrogen and oxygen atoms in total. The zero-order chi connectivity index (χ0) is 19.4. The van der Waals surface area contributed by atoms with Crippen molar-refractivity contribution in [3.63, 3.8) is 0 Å². The van der Waals surface area contributed by atoms with Gasteiger partial charge in [0.05, 0.1) is 0 Å². The van der Waals surface area contributed by atoms with Crippen molar-refractivity contribution in [2.45, 2.75) is 59.5 Å². The molecule has 148 valence electrons. The van der Waals surface area contributed by atoms with Gasteiger partial charge in [0.15, 0.2) is 0 Å². The van der Waals surface area contributed by atoms with Gasteiger partial charge in [-0.3, -0.25) is 4.79 Å². The van der Waals surface area contributed by atoms with Crippen LogP contribution in [0.5, 0.6) is 5.75 Å². The standard InChI is InChI=1S/C21H36N2O3/c1-6-14-21(5,26-16-7-2)20(24)22-18-10-12-19(13-11-18)25-17-15-23(8-3)9-4/h10-13H,6-9,14-17H2,1-5H3,(H,22,24). The molecule has 1 aromatic carbocycles. The summed E-state index contributed by atoms with van der Waals surface area (Å²) in [4.78, 5) is 15.0. The molecule has 1 unspecified atom stereocenters. The highest BCUT2D eigenvalue weighted by molar-refractivity contribution is 5.97. The molecule has 0 aromatic heterocycles. The second-order valence-electron chi connectivity index (χ2n) is 6.68. The average Bonchev–Trinajstić information content (AvgIpc) is 2.65. The Bertz CT molecular complexity index is 514. The van der Waals surface area contributed by atoms with Crippen LogP contribution in [0.2, 0.25) is 0 Å². The van der Waals surface area contributed by atoms with Crippen molar-refractivity contribution in [2.24, 2.45) is 0 Å². The van der Waals surface area contributed by atoms with Crippen molar-refractivity contribution in [1.29, 1.82) is 0 Å². The molecule has 1 aromatic rings. The van der Waals surface area contributed by atoms with E-state index in [4.69, 9.17) is 9.47 Å². The summed E-state index contributed by atoms with van der Waals surface area (Å²) < 4.78 is 11.6. The minimum Gasteiger partial charge on any atom is -0.492 e. The summed E-state index contributed by atoms with van der Waals surface area (Å²) in [6.07, 6.45) is 2.49. The number of amides is 1. The monoisotopic (exact) mass is 364 g/mol. The highest BCUT2D eigenvalue weighted by atomic mass is 16.5. The third-order valence-electron chi connectivity index (χ3n) is 4.51. The maximum absolute atomic E-state index is 12.7. The van der Waals surface area contributed by atoms with Crippen molar-refractivity contribution in [3.8, 4) is 5.75 Å². The Labute approximate surface area is 159 Å². The summed E-state index contributed by atoms with van der Waals surface area (Å²) in [6.45, 7) is 14.5. The van der Waals surface area contributed by atoms with Gasteiger partial charge in [-0.05, 0) is 57.1 Å². The summed E-state index contributed by atoms with van der Waals surface area (Å²) in [5.41, 5.74) is -0.0301. The molecule has 0 radical (unpaired) electrons. The van der Waals surface area contributed by atoms with E-state index in [-0.39, 0.29) is 5.91 Å². The molecule has 0 aliphatic rings. The minimum atomic E-state index is -0.788. The lowest BCUT2D eigenvalue weighted by Gasteiger charge is -2.28. The number of hydrogen-bond acceptors (Lipinski definition) is 4. The molecule has 0 aliphatic carbocycles. The number of carbonyl (C=O) groups is 1. The number of nitrogens with one attached hydrogen (secondary N) is 1. The Morgan fingerprint density at radius 2 is 1.69 bits per heavy atom. The van der Waals surface area contributed by atoms with Gasteiger partial charge in [0.25, 0.3) is 5.91 Å². The molecule has 1 atom stereocenters. The van der Waals surface area contributed by atoms with Gasteiger partial charge < -0.3 is 19.7 Å². The molecular weight excluding hydrogens is 328 g/mol. The summed E-state index contributed by atoms with van der Waals surface area (Å²) >= 11 is 0. The van der Waals surface area contributed by atoms with Crippen molar-refractivity contribution in [2.75, 3.05) is 38.2 Å². The lowest BCUT2D eigenvalue weighted by Crippen LogP contribution is -2.43. The van der Waals surface area contributed by atoms with Crippen LogP contribution < -0.4 is 10.1 Å². The fraction of sp³-hybridized carbons (Fsp3) is 0.667. The van der Waals surface area contributed by atoms with E-state index < -0.39 is 5.60 Å². The molecule has 1 rings (SSSR count). The van der Waals surface area contributed by atoms with E-state index >= 15 is 0 Å². The van der Waals surface area contributed by atoms with Crippen molar-refractivity contribution in [3.05, 3.63) is 24.3 Å². The van der Waals surface area contributed by atoms with E-state index in [2.05, 4.69) is 31.0 Å². The second kappa shape index (κ2) is 11.9. The molecule has 0 fully saturated rings. The molecule has 1 N–H and O–H groups in total. The number of ether oxygens (including phenoxy) is 2. The fourth-order valence-corrected chi connectivity index (χ4v) is 2.79.